The molecule has 184 valence electrons. The largest absolute Gasteiger partial charge is 0.423 e. The van der Waals surface area contributed by atoms with Gasteiger partial charge in [-0.05, 0) is 60.5 Å². The first kappa shape index (κ1) is 26.0. The zero-order chi connectivity index (χ0) is 25.9. The number of amides is 2. The van der Waals surface area contributed by atoms with Gasteiger partial charge in [-0.1, -0.05) is 23.7 Å². The quantitative estimate of drug-likeness (QED) is 0.105. The number of hydrogen-bond acceptors (Lipinski definition) is 7. The van der Waals surface area contributed by atoms with E-state index < -0.39 is 10.9 Å². The lowest BCUT2D eigenvalue weighted by Crippen LogP contribution is -2.26. The van der Waals surface area contributed by atoms with Crippen LogP contribution in [0.4, 0.5) is 5.69 Å². The summed E-state index contributed by atoms with van der Waals surface area (Å²) >= 11 is 6.00. The number of esters is 1. The van der Waals surface area contributed by atoms with Crippen LogP contribution in [-0.2, 0) is 4.79 Å². The van der Waals surface area contributed by atoms with Gasteiger partial charge in [-0.15, -0.1) is 0 Å². The van der Waals surface area contributed by atoms with Gasteiger partial charge in [0.1, 0.15) is 5.75 Å². The molecule has 0 saturated carbocycles. The summed E-state index contributed by atoms with van der Waals surface area (Å²) in [5.41, 5.74) is 3.52. The molecular weight excluding hydrogens is 488 g/mol. The molecule has 0 spiro atoms. The monoisotopic (exact) mass is 508 g/mol. The van der Waals surface area contributed by atoms with E-state index in [4.69, 9.17) is 16.3 Å². The second kappa shape index (κ2) is 12.8. The second-order valence-electron chi connectivity index (χ2n) is 7.40. The van der Waals surface area contributed by atoms with Crippen LogP contribution in [0.25, 0.3) is 0 Å². The van der Waals surface area contributed by atoms with Crippen molar-refractivity contribution >= 4 is 41.3 Å². The molecule has 0 aliphatic carbocycles. The molecule has 0 aliphatic rings. The van der Waals surface area contributed by atoms with E-state index in [-0.39, 0.29) is 36.0 Å². The van der Waals surface area contributed by atoms with E-state index in [1.165, 1.54) is 30.5 Å². The topological polar surface area (TPSA) is 140 Å². The number of ether oxygens (including phenoxy) is 1. The normalized spacial score (nSPS) is 10.6. The molecule has 0 saturated heterocycles. The van der Waals surface area contributed by atoms with Crippen molar-refractivity contribution in [3.63, 3.8) is 0 Å². The summed E-state index contributed by atoms with van der Waals surface area (Å²) in [6.07, 6.45) is 1.95. The number of rotatable bonds is 10. The summed E-state index contributed by atoms with van der Waals surface area (Å²) in [5.74, 6) is -0.958. The van der Waals surface area contributed by atoms with Crippen LogP contribution >= 0.6 is 11.6 Å². The van der Waals surface area contributed by atoms with Crippen LogP contribution in [-0.4, -0.2) is 35.5 Å². The van der Waals surface area contributed by atoms with E-state index in [2.05, 4.69) is 15.8 Å². The molecule has 3 aromatic carbocycles. The van der Waals surface area contributed by atoms with Crippen LogP contribution < -0.4 is 15.5 Å². The molecule has 0 heterocycles. The lowest BCUT2D eigenvalue weighted by Gasteiger charge is -2.06. The fourth-order valence-electron chi connectivity index (χ4n) is 2.93. The number of carbonyl (C=O) groups excluding carboxylic acids is 3. The van der Waals surface area contributed by atoms with E-state index in [0.29, 0.717) is 28.3 Å². The number of non-ortho nitro benzene ring substituents is 1. The van der Waals surface area contributed by atoms with Crippen LogP contribution in [0.15, 0.2) is 77.9 Å². The number of nitrogens with zero attached hydrogens (tertiary/aromatic N) is 2. The molecule has 0 unspecified atom stereocenters. The number of nitro benzene ring substituents is 1. The molecule has 2 N–H and O–H groups in total. The summed E-state index contributed by atoms with van der Waals surface area (Å²) in [7, 11) is 0. The highest BCUT2D eigenvalue weighted by Crippen LogP contribution is 2.19. The maximum Gasteiger partial charge on any atom is 0.345 e. The molecular formula is C25H21ClN4O6. The average Bonchev–Trinajstić information content (AvgIpc) is 2.87. The smallest absolute Gasteiger partial charge is 0.345 e. The molecule has 36 heavy (non-hydrogen) atoms. The summed E-state index contributed by atoms with van der Waals surface area (Å²) < 4.78 is 5.30. The SMILES string of the molecule is O=C(CCCNC(=O)c1ccc([N+](=O)[O-])cc1)N/N=C/c1ccc(OC(=O)c2ccccc2Cl)cc1. The Balaban J connectivity index is 1.36. The molecule has 3 rings (SSSR count). The Hall–Kier alpha value is -4.57. The number of hydrogen-bond donors (Lipinski definition) is 2. The average molecular weight is 509 g/mol. The maximum atomic E-state index is 12.2. The van der Waals surface area contributed by atoms with Gasteiger partial charge in [0.15, 0.2) is 0 Å². The van der Waals surface area contributed by atoms with Crippen molar-refractivity contribution in [2.24, 2.45) is 5.10 Å². The Bertz CT molecular complexity index is 1280. The minimum Gasteiger partial charge on any atom is -0.423 e. The number of nitrogens with one attached hydrogen (secondary N) is 2. The van der Waals surface area contributed by atoms with Crippen molar-refractivity contribution in [1.29, 1.82) is 0 Å². The molecule has 0 aromatic heterocycles. The second-order valence-corrected chi connectivity index (χ2v) is 7.80. The molecule has 0 bridgehead atoms. The van der Waals surface area contributed by atoms with E-state index >= 15 is 0 Å². The molecule has 0 fully saturated rings. The van der Waals surface area contributed by atoms with Gasteiger partial charge in [-0.25, -0.2) is 10.2 Å². The van der Waals surface area contributed by atoms with Crippen LogP contribution in [0.2, 0.25) is 5.02 Å². The summed E-state index contributed by atoms with van der Waals surface area (Å²) in [4.78, 5) is 46.3. The van der Waals surface area contributed by atoms with Crippen molar-refractivity contribution in [3.05, 3.63) is 105 Å². The number of halogens is 1. The van der Waals surface area contributed by atoms with Gasteiger partial charge in [0.05, 0.1) is 21.7 Å². The highest BCUT2D eigenvalue weighted by Gasteiger charge is 2.12. The Kier molecular flexibility index (Phi) is 9.24. The Labute approximate surface area is 211 Å². The fraction of sp³-hybridized carbons (Fsp3) is 0.120. The number of nitro groups is 1. The number of benzene rings is 3. The van der Waals surface area contributed by atoms with Crippen molar-refractivity contribution in [2.75, 3.05) is 6.54 Å². The van der Waals surface area contributed by atoms with Gasteiger partial charge < -0.3 is 10.1 Å². The minimum absolute atomic E-state index is 0.100. The first-order chi connectivity index (χ1) is 17.3. The van der Waals surface area contributed by atoms with Gasteiger partial charge in [-0.2, -0.15) is 5.10 Å². The third-order valence-electron chi connectivity index (χ3n) is 4.79. The van der Waals surface area contributed by atoms with Crippen LogP contribution in [0, 0.1) is 10.1 Å². The maximum absolute atomic E-state index is 12.2. The molecule has 11 heteroatoms. The summed E-state index contributed by atoms with van der Waals surface area (Å²) in [6.45, 7) is 0.251. The van der Waals surface area contributed by atoms with Crippen LogP contribution in [0.5, 0.6) is 5.75 Å². The van der Waals surface area contributed by atoms with Crippen LogP contribution in [0.3, 0.4) is 0 Å². The molecule has 2 amide bonds. The van der Waals surface area contributed by atoms with Gasteiger partial charge in [0.2, 0.25) is 5.91 Å². The van der Waals surface area contributed by atoms with E-state index in [1.54, 1.807) is 48.5 Å². The third kappa shape index (κ3) is 7.74. The van der Waals surface area contributed by atoms with Gasteiger partial charge >= 0.3 is 5.97 Å². The fourth-order valence-corrected chi connectivity index (χ4v) is 3.15. The van der Waals surface area contributed by atoms with E-state index in [0.717, 1.165) is 0 Å². The molecule has 0 radical (unpaired) electrons. The zero-order valence-electron chi connectivity index (χ0n) is 18.8. The summed E-state index contributed by atoms with van der Waals surface area (Å²) in [6, 6.07) is 18.3. The Morgan fingerprint density at radius 3 is 2.36 bits per heavy atom. The molecule has 0 atom stereocenters. The highest BCUT2D eigenvalue weighted by atomic mass is 35.5. The lowest BCUT2D eigenvalue weighted by molar-refractivity contribution is -0.384. The lowest BCUT2D eigenvalue weighted by atomic mass is 10.2. The predicted molar refractivity (Wildman–Crippen MR) is 133 cm³/mol. The summed E-state index contributed by atoms with van der Waals surface area (Å²) in [5, 5.41) is 17.5. The molecule has 3 aromatic rings. The van der Waals surface area contributed by atoms with Crippen molar-refractivity contribution < 1.29 is 24.0 Å². The third-order valence-corrected chi connectivity index (χ3v) is 5.12. The minimum atomic E-state index is -0.571. The predicted octanol–water partition coefficient (Wildman–Crippen LogP) is 4.13. The van der Waals surface area contributed by atoms with E-state index in [1.807, 2.05) is 0 Å². The number of carbonyl (C=O) groups is 3. The Morgan fingerprint density at radius 1 is 1.00 bits per heavy atom. The van der Waals surface area contributed by atoms with Gasteiger partial charge in [0.25, 0.3) is 11.6 Å². The van der Waals surface area contributed by atoms with Crippen molar-refractivity contribution in [3.8, 4) is 5.75 Å². The molecule has 10 nitrogen and oxygen atoms in total. The van der Waals surface area contributed by atoms with Crippen molar-refractivity contribution in [2.45, 2.75) is 12.8 Å². The van der Waals surface area contributed by atoms with Gasteiger partial charge in [-0.3, -0.25) is 19.7 Å². The standard InChI is InChI=1S/C25H21ClN4O6/c26-22-5-2-1-4-21(22)25(33)36-20-13-7-17(8-14-20)16-28-29-23(31)6-3-15-27-24(32)18-9-11-19(12-10-18)30(34)35/h1-2,4-5,7-14,16H,3,6,15H2,(H,27,32)(H,29,31)/b28-16+. The first-order valence-corrected chi connectivity index (χ1v) is 11.1. The van der Waals surface area contributed by atoms with E-state index in [9.17, 15) is 24.5 Å². The van der Waals surface area contributed by atoms with Crippen molar-refractivity contribution in [1.82, 2.24) is 10.7 Å². The highest BCUT2D eigenvalue weighted by molar-refractivity contribution is 6.33. The Morgan fingerprint density at radius 2 is 1.69 bits per heavy atom. The first-order valence-electron chi connectivity index (χ1n) is 10.7. The zero-order valence-corrected chi connectivity index (χ0v) is 19.6. The van der Waals surface area contributed by atoms with Gasteiger partial charge in [0, 0.05) is 30.7 Å². The van der Waals surface area contributed by atoms with Crippen LogP contribution in [0.1, 0.15) is 39.1 Å². The number of hydrazone groups is 1. The molecule has 0 aliphatic heterocycles.